The fourth-order valence-electron chi connectivity index (χ4n) is 4.01. The molecule has 1 atom stereocenters. The minimum absolute atomic E-state index is 0.254. The van der Waals surface area contributed by atoms with E-state index in [0.717, 1.165) is 11.4 Å². The summed E-state index contributed by atoms with van der Waals surface area (Å²) in [6, 6.07) is 7.05. The third kappa shape index (κ3) is 3.59. The average molecular weight is 447 g/mol. The number of amides is 1. The Balaban J connectivity index is 1.55. The van der Waals surface area contributed by atoms with Gasteiger partial charge in [0.25, 0.3) is 5.91 Å². The van der Waals surface area contributed by atoms with E-state index in [-0.39, 0.29) is 17.4 Å². The molecule has 0 radical (unpaired) electrons. The molecule has 3 aromatic heterocycles. The fraction of sp³-hybridized carbons (Fsp3) is 0.217. The molecule has 0 saturated carbocycles. The van der Waals surface area contributed by atoms with Crippen LogP contribution in [0.4, 0.5) is 10.1 Å². The molecule has 33 heavy (non-hydrogen) atoms. The second kappa shape index (κ2) is 8.05. The lowest BCUT2D eigenvalue weighted by atomic mass is 10.0. The molecule has 10 heteroatoms. The smallest absolute Gasteiger partial charge is 0.258 e. The number of oxazole rings is 1. The zero-order valence-corrected chi connectivity index (χ0v) is 18.1. The van der Waals surface area contributed by atoms with E-state index in [1.54, 1.807) is 23.5 Å². The van der Waals surface area contributed by atoms with Gasteiger partial charge in [0.05, 0.1) is 35.2 Å². The van der Waals surface area contributed by atoms with Crippen molar-refractivity contribution in [3.63, 3.8) is 0 Å². The molecule has 1 aliphatic rings. The number of H-pyrrole nitrogens is 1. The standard InChI is InChI=1S/C23H22FN7O2/c1-30(2)14-4-5-16(26-11-14)15(10-25)23(32)31-8-7-17-20(28-12-27-17)21(31)22-29-18-9-13(24)3-6-19(18)33-22/h3-6,9-12,21H,7-8,25H2,1-2H3,(H,27,28)/b15-10+/t21-/m0/s1. The fourth-order valence-corrected chi connectivity index (χ4v) is 4.01. The predicted octanol–water partition coefficient (Wildman–Crippen LogP) is 2.62. The summed E-state index contributed by atoms with van der Waals surface area (Å²) in [5.74, 6) is -0.487. The number of halogens is 1. The Labute approximate surface area is 188 Å². The van der Waals surface area contributed by atoms with Crippen molar-refractivity contribution in [1.82, 2.24) is 24.8 Å². The molecule has 0 fully saturated rings. The number of fused-ring (bicyclic) bond motifs is 2. The van der Waals surface area contributed by atoms with Crippen LogP contribution in [0, 0.1) is 5.82 Å². The summed E-state index contributed by atoms with van der Waals surface area (Å²) in [7, 11) is 3.82. The highest BCUT2D eigenvalue weighted by Crippen LogP contribution is 2.36. The summed E-state index contributed by atoms with van der Waals surface area (Å²) in [4.78, 5) is 33.7. The molecule has 0 spiro atoms. The minimum Gasteiger partial charge on any atom is -0.438 e. The number of nitrogens with one attached hydrogen (secondary N) is 1. The van der Waals surface area contributed by atoms with Gasteiger partial charge in [-0.15, -0.1) is 0 Å². The SMILES string of the molecule is CN(C)c1ccc(/C(=C\N)C(=O)N2CCc3[nH]cnc3[C@H]2c2nc3cc(F)ccc3o2)nc1. The summed E-state index contributed by atoms with van der Waals surface area (Å²) in [6.45, 7) is 0.388. The normalized spacial score (nSPS) is 16.2. The number of rotatable bonds is 4. The number of aromatic amines is 1. The Hall–Kier alpha value is -4.21. The molecule has 0 bridgehead atoms. The number of pyridine rings is 1. The number of hydrogen-bond acceptors (Lipinski definition) is 7. The monoisotopic (exact) mass is 447 g/mol. The van der Waals surface area contributed by atoms with Crippen LogP contribution in [0.2, 0.25) is 0 Å². The molecule has 4 heterocycles. The highest BCUT2D eigenvalue weighted by Gasteiger charge is 2.38. The Kier molecular flexibility index (Phi) is 5.04. The number of carbonyl (C=O) groups excluding carboxylic acids is 1. The maximum atomic E-state index is 13.7. The number of imidazole rings is 1. The maximum Gasteiger partial charge on any atom is 0.258 e. The molecular weight excluding hydrogens is 425 g/mol. The summed E-state index contributed by atoms with van der Waals surface area (Å²) in [6.07, 6.45) is 5.10. The van der Waals surface area contributed by atoms with Crippen LogP contribution in [0.5, 0.6) is 0 Å². The van der Waals surface area contributed by atoms with Crippen molar-refractivity contribution in [2.75, 3.05) is 25.5 Å². The second-order valence-electron chi connectivity index (χ2n) is 7.96. The maximum absolute atomic E-state index is 13.7. The van der Waals surface area contributed by atoms with Crippen molar-refractivity contribution in [1.29, 1.82) is 0 Å². The van der Waals surface area contributed by atoms with Gasteiger partial charge in [0.2, 0.25) is 5.89 Å². The molecule has 4 aromatic rings. The number of benzene rings is 1. The molecule has 1 amide bonds. The lowest BCUT2D eigenvalue weighted by Crippen LogP contribution is -2.41. The third-order valence-corrected chi connectivity index (χ3v) is 5.72. The molecule has 5 rings (SSSR count). The Morgan fingerprint density at radius 1 is 1.30 bits per heavy atom. The molecule has 9 nitrogen and oxygen atoms in total. The van der Waals surface area contributed by atoms with Gasteiger partial charge in [0.1, 0.15) is 11.3 Å². The summed E-state index contributed by atoms with van der Waals surface area (Å²) in [5, 5.41) is 0. The van der Waals surface area contributed by atoms with Crippen LogP contribution < -0.4 is 10.6 Å². The van der Waals surface area contributed by atoms with Crippen LogP contribution in [0.1, 0.15) is 29.0 Å². The van der Waals surface area contributed by atoms with E-state index in [1.165, 1.54) is 24.4 Å². The third-order valence-electron chi connectivity index (χ3n) is 5.72. The van der Waals surface area contributed by atoms with E-state index in [2.05, 4.69) is 19.9 Å². The van der Waals surface area contributed by atoms with Crippen LogP contribution in [0.15, 0.2) is 53.5 Å². The first kappa shape index (κ1) is 20.7. The molecule has 168 valence electrons. The van der Waals surface area contributed by atoms with Crippen LogP contribution in [0.25, 0.3) is 16.7 Å². The Morgan fingerprint density at radius 2 is 2.15 bits per heavy atom. The van der Waals surface area contributed by atoms with Gasteiger partial charge in [0, 0.05) is 45.0 Å². The number of anilines is 1. The van der Waals surface area contributed by atoms with E-state index in [1.807, 2.05) is 25.1 Å². The van der Waals surface area contributed by atoms with Crippen LogP contribution >= 0.6 is 0 Å². The molecule has 3 N–H and O–H groups in total. The summed E-state index contributed by atoms with van der Waals surface area (Å²) >= 11 is 0. The molecule has 0 unspecified atom stereocenters. The lowest BCUT2D eigenvalue weighted by Gasteiger charge is -2.33. The number of aromatic nitrogens is 4. The van der Waals surface area contributed by atoms with Crippen molar-refractivity contribution >= 4 is 28.3 Å². The number of carbonyl (C=O) groups is 1. The zero-order valence-electron chi connectivity index (χ0n) is 18.1. The Bertz CT molecular complexity index is 1360. The van der Waals surface area contributed by atoms with Gasteiger partial charge in [-0.2, -0.15) is 0 Å². The Morgan fingerprint density at radius 3 is 2.88 bits per heavy atom. The van der Waals surface area contributed by atoms with Crippen LogP contribution in [0.3, 0.4) is 0 Å². The second-order valence-corrected chi connectivity index (χ2v) is 7.96. The molecule has 1 aliphatic heterocycles. The van der Waals surface area contributed by atoms with Crippen molar-refractivity contribution in [2.24, 2.45) is 5.73 Å². The van der Waals surface area contributed by atoms with Gasteiger partial charge in [-0.05, 0) is 24.3 Å². The number of hydrogen-bond donors (Lipinski definition) is 2. The first-order chi connectivity index (χ1) is 16.0. The van der Waals surface area contributed by atoms with Crippen molar-refractivity contribution in [3.05, 3.63) is 77.8 Å². The number of nitrogens with two attached hydrogens (primary N) is 1. The average Bonchev–Trinajstić information content (AvgIpc) is 3.45. The van der Waals surface area contributed by atoms with E-state index in [9.17, 15) is 9.18 Å². The van der Waals surface area contributed by atoms with Gasteiger partial charge in [-0.25, -0.2) is 14.4 Å². The first-order valence-electron chi connectivity index (χ1n) is 10.4. The summed E-state index contributed by atoms with van der Waals surface area (Å²) < 4.78 is 19.6. The van der Waals surface area contributed by atoms with Crippen LogP contribution in [-0.4, -0.2) is 51.4 Å². The zero-order chi connectivity index (χ0) is 23.1. The highest BCUT2D eigenvalue weighted by atomic mass is 19.1. The van der Waals surface area contributed by atoms with Crippen molar-refractivity contribution in [2.45, 2.75) is 12.5 Å². The van der Waals surface area contributed by atoms with Crippen molar-refractivity contribution in [3.8, 4) is 0 Å². The largest absolute Gasteiger partial charge is 0.438 e. The first-order valence-corrected chi connectivity index (χ1v) is 10.4. The van der Waals surface area contributed by atoms with E-state index in [4.69, 9.17) is 10.2 Å². The van der Waals surface area contributed by atoms with E-state index in [0.29, 0.717) is 35.5 Å². The minimum atomic E-state index is -0.695. The molecular formula is C23H22FN7O2. The van der Waals surface area contributed by atoms with E-state index < -0.39 is 11.9 Å². The van der Waals surface area contributed by atoms with E-state index >= 15 is 0 Å². The quantitative estimate of drug-likeness (QED) is 0.462. The van der Waals surface area contributed by atoms with Gasteiger partial charge in [-0.1, -0.05) is 0 Å². The van der Waals surface area contributed by atoms with Crippen molar-refractivity contribution < 1.29 is 13.6 Å². The molecule has 1 aromatic carbocycles. The van der Waals surface area contributed by atoms with Gasteiger partial charge in [0.15, 0.2) is 11.6 Å². The van der Waals surface area contributed by atoms with Gasteiger partial charge in [-0.3, -0.25) is 9.78 Å². The highest BCUT2D eigenvalue weighted by molar-refractivity contribution is 6.19. The lowest BCUT2D eigenvalue weighted by molar-refractivity contribution is -0.127. The predicted molar refractivity (Wildman–Crippen MR) is 121 cm³/mol. The van der Waals surface area contributed by atoms with Gasteiger partial charge >= 0.3 is 0 Å². The number of nitrogens with zero attached hydrogens (tertiary/aromatic N) is 5. The molecule has 0 aliphatic carbocycles. The molecule has 0 saturated heterocycles. The summed E-state index contributed by atoms with van der Waals surface area (Å²) in [5.41, 5.74) is 9.82. The van der Waals surface area contributed by atoms with Crippen LogP contribution in [-0.2, 0) is 11.2 Å². The van der Waals surface area contributed by atoms with Gasteiger partial charge < -0.3 is 24.9 Å². The topological polar surface area (TPSA) is 117 Å².